The highest BCUT2D eigenvalue weighted by Gasteiger charge is 2.04. The summed E-state index contributed by atoms with van der Waals surface area (Å²) in [7, 11) is 1.59. The molecule has 0 saturated heterocycles. The Balaban J connectivity index is 2.29. The Bertz CT molecular complexity index is 369. The first-order chi connectivity index (χ1) is 8.77. The Morgan fingerprint density at radius 3 is 3.00 bits per heavy atom. The van der Waals surface area contributed by atoms with Gasteiger partial charge >= 0.3 is 0 Å². The molecule has 1 aromatic rings. The Kier molecular flexibility index (Phi) is 6.98. The molecule has 5 nitrogen and oxygen atoms in total. The summed E-state index contributed by atoms with van der Waals surface area (Å²) in [6, 6.07) is 3.92. The van der Waals surface area contributed by atoms with Crippen molar-refractivity contribution in [3.8, 4) is 0 Å². The molecule has 5 heteroatoms. The van der Waals surface area contributed by atoms with E-state index in [1.165, 1.54) is 0 Å². The van der Waals surface area contributed by atoms with Gasteiger partial charge in [-0.25, -0.2) is 0 Å². The summed E-state index contributed by atoms with van der Waals surface area (Å²) < 4.78 is 9.94. The van der Waals surface area contributed by atoms with Gasteiger partial charge in [0.1, 0.15) is 6.61 Å². The molecular weight excluding hydrogens is 232 g/mol. The molecule has 0 aliphatic carbocycles. The third-order valence-electron chi connectivity index (χ3n) is 2.48. The van der Waals surface area contributed by atoms with E-state index >= 15 is 0 Å². The summed E-state index contributed by atoms with van der Waals surface area (Å²) in [5.41, 5.74) is 2.06. The summed E-state index contributed by atoms with van der Waals surface area (Å²) in [6.45, 7) is 3.48. The van der Waals surface area contributed by atoms with E-state index in [4.69, 9.17) is 9.47 Å². The zero-order valence-electron chi connectivity index (χ0n) is 10.9. The van der Waals surface area contributed by atoms with Crippen LogP contribution in [0.15, 0.2) is 18.3 Å². The number of hydrogen-bond acceptors (Lipinski definition) is 4. The number of carbonyl (C=O) groups is 1. The number of rotatable bonds is 8. The van der Waals surface area contributed by atoms with Crippen LogP contribution < -0.4 is 5.32 Å². The molecule has 0 aromatic carbocycles. The molecule has 0 saturated carbocycles. The van der Waals surface area contributed by atoms with Crippen molar-refractivity contribution in [2.75, 3.05) is 26.9 Å². The molecule has 1 N–H and O–H groups in total. The van der Waals surface area contributed by atoms with Gasteiger partial charge < -0.3 is 14.8 Å². The topological polar surface area (TPSA) is 60.5 Å². The minimum Gasteiger partial charge on any atom is -0.382 e. The van der Waals surface area contributed by atoms with Gasteiger partial charge in [0.2, 0.25) is 5.91 Å². The molecule has 1 aromatic heterocycles. The van der Waals surface area contributed by atoms with Crippen LogP contribution in [0.1, 0.15) is 18.2 Å². The highest BCUT2D eigenvalue weighted by Crippen LogP contribution is 2.05. The van der Waals surface area contributed by atoms with E-state index in [0.717, 1.165) is 17.7 Å². The van der Waals surface area contributed by atoms with Crippen LogP contribution in [0.25, 0.3) is 0 Å². The first-order valence-electron chi connectivity index (χ1n) is 6.04. The Morgan fingerprint density at radius 1 is 1.44 bits per heavy atom. The number of aromatic nitrogens is 1. The van der Waals surface area contributed by atoms with Crippen molar-refractivity contribution < 1.29 is 14.3 Å². The first kappa shape index (κ1) is 14.6. The minimum atomic E-state index is -0.140. The highest BCUT2D eigenvalue weighted by atomic mass is 16.5. The first-order valence-corrected chi connectivity index (χ1v) is 6.04. The predicted octanol–water partition coefficient (Wildman–Crippen LogP) is 0.923. The van der Waals surface area contributed by atoms with E-state index in [1.54, 1.807) is 13.3 Å². The molecule has 18 heavy (non-hydrogen) atoms. The van der Waals surface area contributed by atoms with E-state index in [-0.39, 0.29) is 12.5 Å². The van der Waals surface area contributed by atoms with E-state index in [9.17, 15) is 4.79 Å². The van der Waals surface area contributed by atoms with Crippen LogP contribution in [0.2, 0.25) is 0 Å². The molecule has 1 amide bonds. The van der Waals surface area contributed by atoms with Crippen LogP contribution in [0, 0.1) is 0 Å². The number of ether oxygens (including phenoxy) is 2. The monoisotopic (exact) mass is 252 g/mol. The summed E-state index contributed by atoms with van der Waals surface area (Å²) in [6.07, 6.45) is 2.64. The lowest BCUT2D eigenvalue weighted by molar-refractivity contribution is -0.126. The molecule has 0 aliphatic heterocycles. The fraction of sp³-hybridized carbons (Fsp3) is 0.538. The van der Waals surface area contributed by atoms with E-state index in [0.29, 0.717) is 19.8 Å². The SMILES string of the molecule is CCc1cccnc1CNC(=O)COCCOC. The van der Waals surface area contributed by atoms with Crippen molar-refractivity contribution in [1.82, 2.24) is 10.3 Å². The molecular formula is C13H20N2O3. The summed E-state index contributed by atoms with van der Waals surface area (Å²) in [5.74, 6) is -0.140. The second-order valence-electron chi connectivity index (χ2n) is 3.78. The largest absolute Gasteiger partial charge is 0.382 e. The van der Waals surface area contributed by atoms with Gasteiger partial charge in [0.15, 0.2) is 0 Å². The molecule has 0 fully saturated rings. The summed E-state index contributed by atoms with van der Waals surface area (Å²) in [5, 5.41) is 2.78. The number of nitrogens with zero attached hydrogens (tertiary/aromatic N) is 1. The molecule has 0 spiro atoms. The quantitative estimate of drug-likeness (QED) is 0.699. The molecule has 0 atom stereocenters. The van der Waals surface area contributed by atoms with Crippen molar-refractivity contribution in [3.63, 3.8) is 0 Å². The Labute approximate surface area is 108 Å². The van der Waals surface area contributed by atoms with Crippen LogP contribution in [0.3, 0.4) is 0 Å². The van der Waals surface area contributed by atoms with Gasteiger partial charge in [-0.1, -0.05) is 13.0 Å². The van der Waals surface area contributed by atoms with Gasteiger partial charge in [-0.3, -0.25) is 9.78 Å². The van der Waals surface area contributed by atoms with Gasteiger partial charge in [0.25, 0.3) is 0 Å². The van der Waals surface area contributed by atoms with Crippen molar-refractivity contribution in [3.05, 3.63) is 29.6 Å². The van der Waals surface area contributed by atoms with E-state index < -0.39 is 0 Å². The lowest BCUT2D eigenvalue weighted by atomic mass is 10.1. The fourth-order valence-electron chi connectivity index (χ4n) is 1.49. The molecule has 1 heterocycles. The average molecular weight is 252 g/mol. The normalized spacial score (nSPS) is 10.3. The Hall–Kier alpha value is -1.46. The second-order valence-corrected chi connectivity index (χ2v) is 3.78. The molecule has 1 rings (SSSR count). The maximum Gasteiger partial charge on any atom is 0.246 e. The van der Waals surface area contributed by atoms with E-state index in [1.807, 2.05) is 12.1 Å². The Morgan fingerprint density at radius 2 is 2.28 bits per heavy atom. The molecule has 0 bridgehead atoms. The third kappa shape index (κ3) is 5.25. The number of carbonyl (C=O) groups excluding carboxylic acids is 1. The van der Waals surface area contributed by atoms with Gasteiger partial charge in [-0.05, 0) is 18.1 Å². The number of amides is 1. The fourth-order valence-corrected chi connectivity index (χ4v) is 1.49. The molecule has 0 radical (unpaired) electrons. The van der Waals surface area contributed by atoms with Crippen molar-refractivity contribution in [2.24, 2.45) is 0 Å². The van der Waals surface area contributed by atoms with Crippen molar-refractivity contribution >= 4 is 5.91 Å². The number of hydrogen-bond donors (Lipinski definition) is 1. The third-order valence-corrected chi connectivity index (χ3v) is 2.48. The van der Waals surface area contributed by atoms with Crippen LogP contribution in [-0.2, 0) is 27.2 Å². The van der Waals surface area contributed by atoms with Crippen LogP contribution in [0.4, 0.5) is 0 Å². The number of aryl methyl sites for hydroxylation is 1. The minimum absolute atomic E-state index is 0.0532. The summed E-state index contributed by atoms with van der Waals surface area (Å²) >= 11 is 0. The summed E-state index contributed by atoms with van der Waals surface area (Å²) in [4.78, 5) is 15.7. The van der Waals surface area contributed by atoms with Crippen LogP contribution >= 0.6 is 0 Å². The highest BCUT2D eigenvalue weighted by molar-refractivity contribution is 5.77. The molecule has 0 unspecified atom stereocenters. The zero-order chi connectivity index (χ0) is 13.2. The van der Waals surface area contributed by atoms with Crippen LogP contribution in [-0.4, -0.2) is 37.8 Å². The molecule has 100 valence electrons. The smallest absolute Gasteiger partial charge is 0.246 e. The predicted molar refractivity (Wildman–Crippen MR) is 68.2 cm³/mol. The number of pyridine rings is 1. The van der Waals surface area contributed by atoms with E-state index in [2.05, 4.69) is 17.2 Å². The van der Waals surface area contributed by atoms with Gasteiger partial charge in [-0.15, -0.1) is 0 Å². The van der Waals surface area contributed by atoms with Gasteiger partial charge in [-0.2, -0.15) is 0 Å². The lowest BCUT2D eigenvalue weighted by Crippen LogP contribution is -2.28. The standard InChI is InChI=1S/C13H20N2O3/c1-3-11-5-4-6-14-12(11)9-15-13(16)10-18-8-7-17-2/h4-6H,3,7-10H2,1-2H3,(H,15,16). The lowest BCUT2D eigenvalue weighted by Gasteiger charge is -2.08. The maximum absolute atomic E-state index is 11.5. The average Bonchev–Trinajstić information content (AvgIpc) is 2.41. The van der Waals surface area contributed by atoms with Gasteiger partial charge in [0, 0.05) is 13.3 Å². The van der Waals surface area contributed by atoms with Crippen molar-refractivity contribution in [1.29, 1.82) is 0 Å². The maximum atomic E-state index is 11.5. The number of methoxy groups -OCH3 is 1. The van der Waals surface area contributed by atoms with Gasteiger partial charge in [0.05, 0.1) is 25.5 Å². The number of nitrogens with one attached hydrogen (secondary N) is 1. The zero-order valence-corrected chi connectivity index (χ0v) is 10.9. The van der Waals surface area contributed by atoms with Crippen molar-refractivity contribution in [2.45, 2.75) is 19.9 Å². The van der Waals surface area contributed by atoms with Crippen LogP contribution in [0.5, 0.6) is 0 Å². The molecule has 0 aliphatic rings. The second kappa shape index (κ2) is 8.60.